The van der Waals surface area contributed by atoms with Crippen LogP contribution in [0.15, 0.2) is 35.7 Å². The SMILES string of the molecule is COc1cc(OC)c(/C=C\C(=O)NS(=O)/C=C/c2c(OC)cc(OC)cc2OC)c(OC)c1. The minimum Gasteiger partial charge on any atom is -0.496 e. The van der Waals surface area contributed by atoms with Gasteiger partial charge in [-0.05, 0) is 12.2 Å². The van der Waals surface area contributed by atoms with E-state index in [9.17, 15) is 9.00 Å². The molecule has 0 saturated carbocycles. The number of ether oxygens (including phenoxy) is 6. The van der Waals surface area contributed by atoms with Crippen LogP contribution in [0.4, 0.5) is 0 Å². The Labute approximate surface area is 195 Å². The maximum absolute atomic E-state index is 12.4. The molecule has 0 bridgehead atoms. The summed E-state index contributed by atoms with van der Waals surface area (Å²) in [5.41, 5.74) is 1.08. The molecule has 2 aromatic rings. The van der Waals surface area contributed by atoms with Crippen molar-refractivity contribution in [2.45, 2.75) is 0 Å². The van der Waals surface area contributed by atoms with Gasteiger partial charge in [0, 0.05) is 35.7 Å². The molecule has 0 aliphatic carbocycles. The molecule has 0 fully saturated rings. The maximum Gasteiger partial charge on any atom is 0.255 e. The molecule has 0 radical (unpaired) electrons. The smallest absolute Gasteiger partial charge is 0.255 e. The van der Waals surface area contributed by atoms with E-state index in [1.807, 2.05) is 0 Å². The van der Waals surface area contributed by atoms with Crippen molar-refractivity contribution < 1.29 is 37.4 Å². The zero-order valence-corrected chi connectivity index (χ0v) is 20.1. The van der Waals surface area contributed by atoms with E-state index in [1.165, 1.54) is 66.3 Å². The van der Waals surface area contributed by atoms with E-state index in [1.54, 1.807) is 24.3 Å². The van der Waals surface area contributed by atoms with Gasteiger partial charge in [-0.1, -0.05) is 0 Å². The molecule has 2 aromatic carbocycles. The van der Waals surface area contributed by atoms with Crippen LogP contribution in [0, 0.1) is 0 Å². The predicted octanol–water partition coefficient (Wildman–Crippen LogP) is 3.20. The Morgan fingerprint density at radius 1 is 0.697 bits per heavy atom. The lowest BCUT2D eigenvalue weighted by atomic mass is 10.1. The standard InChI is InChI=1S/C23H27NO8S/c1-27-15-11-19(29-3)17(20(12-15)30-4)7-8-23(25)24-33(26)10-9-18-21(31-5)13-16(28-2)14-22(18)32-6/h7-14H,1-6H3,(H,24,25)/b8-7-,10-9+. The van der Waals surface area contributed by atoms with Gasteiger partial charge in [0.1, 0.15) is 45.5 Å². The summed E-state index contributed by atoms with van der Waals surface area (Å²) in [6.45, 7) is 0. The summed E-state index contributed by atoms with van der Waals surface area (Å²) in [5, 5.41) is 1.31. The van der Waals surface area contributed by atoms with E-state index in [0.717, 1.165) is 0 Å². The van der Waals surface area contributed by atoms with E-state index in [4.69, 9.17) is 28.4 Å². The number of rotatable bonds is 11. The first-order valence-electron chi connectivity index (χ1n) is 9.58. The highest BCUT2D eigenvalue weighted by Crippen LogP contribution is 2.36. The minimum absolute atomic E-state index is 0.454. The number of methoxy groups -OCH3 is 6. The van der Waals surface area contributed by atoms with E-state index in [2.05, 4.69) is 4.72 Å². The van der Waals surface area contributed by atoms with Crippen molar-refractivity contribution in [3.8, 4) is 34.5 Å². The molecule has 1 N–H and O–H groups in total. The molecule has 33 heavy (non-hydrogen) atoms. The summed E-state index contributed by atoms with van der Waals surface area (Å²) in [6, 6.07) is 6.66. The molecule has 0 spiro atoms. The van der Waals surface area contributed by atoms with E-state index < -0.39 is 16.9 Å². The number of amides is 1. The lowest BCUT2D eigenvalue weighted by Gasteiger charge is -2.12. The average molecular weight is 478 g/mol. The van der Waals surface area contributed by atoms with Crippen molar-refractivity contribution in [1.82, 2.24) is 4.72 Å². The maximum atomic E-state index is 12.4. The summed E-state index contributed by atoms with van der Waals surface area (Å²) < 4.78 is 46.5. The topological polar surface area (TPSA) is 102 Å². The number of carbonyl (C=O) groups is 1. The Bertz CT molecular complexity index is 931. The Morgan fingerprint density at radius 2 is 1.09 bits per heavy atom. The molecular formula is C23H27NO8S. The Morgan fingerprint density at radius 3 is 1.45 bits per heavy atom. The largest absolute Gasteiger partial charge is 0.496 e. The van der Waals surface area contributed by atoms with Gasteiger partial charge in [-0.3, -0.25) is 9.52 Å². The highest BCUT2D eigenvalue weighted by Gasteiger charge is 2.13. The first kappa shape index (κ1) is 25.6. The average Bonchev–Trinajstić information content (AvgIpc) is 2.84. The Hall–Kier alpha value is -3.66. The van der Waals surface area contributed by atoms with Crippen molar-refractivity contribution in [3.63, 3.8) is 0 Å². The molecule has 0 aromatic heterocycles. The van der Waals surface area contributed by atoms with Crippen LogP contribution in [0.3, 0.4) is 0 Å². The highest BCUT2D eigenvalue weighted by atomic mass is 32.2. The van der Waals surface area contributed by atoms with Crippen LogP contribution < -0.4 is 33.1 Å². The normalized spacial score (nSPS) is 11.8. The fourth-order valence-corrected chi connectivity index (χ4v) is 3.44. The van der Waals surface area contributed by atoms with Crippen molar-refractivity contribution >= 4 is 29.0 Å². The summed E-state index contributed by atoms with van der Waals surface area (Å²) in [4.78, 5) is 12.3. The minimum atomic E-state index is -1.81. The van der Waals surface area contributed by atoms with E-state index in [0.29, 0.717) is 45.6 Å². The Kier molecular flexibility index (Phi) is 9.62. The Balaban J connectivity index is 2.18. The van der Waals surface area contributed by atoms with Crippen molar-refractivity contribution in [2.24, 2.45) is 0 Å². The first-order chi connectivity index (χ1) is 15.9. The van der Waals surface area contributed by atoms with Crippen LogP contribution in [0.1, 0.15) is 11.1 Å². The number of hydrogen-bond donors (Lipinski definition) is 1. The second-order valence-electron chi connectivity index (χ2n) is 6.29. The fourth-order valence-electron chi connectivity index (χ4n) is 2.85. The van der Waals surface area contributed by atoms with Crippen molar-refractivity contribution in [1.29, 1.82) is 0 Å². The van der Waals surface area contributed by atoms with Gasteiger partial charge in [-0.25, -0.2) is 4.21 Å². The zero-order chi connectivity index (χ0) is 24.4. The van der Waals surface area contributed by atoms with Gasteiger partial charge in [0.25, 0.3) is 5.91 Å². The van der Waals surface area contributed by atoms with Crippen LogP contribution in [0.2, 0.25) is 0 Å². The van der Waals surface area contributed by atoms with Crippen LogP contribution in [0.25, 0.3) is 12.2 Å². The summed E-state index contributed by atoms with van der Waals surface area (Å²) in [5.74, 6) is 2.34. The monoisotopic (exact) mass is 477 g/mol. The summed E-state index contributed by atoms with van der Waals surface area (Å²) in [7, 11) is 7.22. The second kappa shape index (κ2) is 12.4. The van der Waals surface area contributed by atoms with E-state index in [-0.39, 0.29) is 0 Å². The number of carbonyl (C=O) groups excluding carboxylic acids is 1. The molecule has 0 aliphatic heterocycles. The van der Waals surface area contributed by atoms with Crippen LogP contribution >= 0.6 is 0 Å². The summed E-state index contributed by atoms with van der Waals surface area (Å²) >= 11 is 0. The van der Waals surface area contributed by atoms with Crippen LogP contribution in [-0.4, -0.2) is 52.8 Å². The zero-order valence-electron chi connectivity index (χ0n) is 19.3. The van der Waals surface area contributed by atoms with Crippen molar-refractivity contribution in [2.75, 3.05) is 42.7 Å². The van der Waals surface area contributed by atoms with Gasteiger partial charge in [-0.2, -0.15) is 0 Å². The second-order valence-corrected chi connectivity index (χ2v) is 7.36. The van der Waals surface area contributed by atoms with Gasteiger partial charge in [0.05, 0.1) is 53.8 Å². The number of hydrogen-bond acceptors (Lipinski definition) is 8. The molecule has 2 rings (SSSR count). The molecular weight excluding hydrogens is 450 g/mol. The predicted molar refractivity (Wildman–Crippen MR) is 127 cm³/mol. The first-order valence-corrected chi connectivity index (χ1v) is 10.8. The molecule has 1 amide bonds. The molecule has 1 unspecified atom stereocenters. The molecule has 1 atom stereocenters. The lowest BCUT2D eigenvalue weighted by molar-refractivity contribution is -0.114. The quantitative estimate of drug-likeness (QED) is 0.493. The molecule has 0 aliphatic rings. The number of nitrogens with one attached hydrogen (secondary N) is 1. The van der Waals surface area contributed by atoms with Gasteiger partial charge < -0.3 is 28.4 Å². The van der Waals surface area contributed by atoms with Gasteiger partial charge in [-0.15, -0.1) is 0 Å². The van der Waals surface area contributed by atoms with Gasteiger partial charge in [0.15, 0.2) is 0 Å². The number of benzene rings is 2. The van der Waals surface area contributed by atoms with Crippen molar-refractivity contribution in [3.05, 3.63) is 46.9 Å². The summed E-state index contributed by atoms with van der Waals surface area (Å²) in [6.07, 6.45) is 4.27. The lowest BCUT2D eigenvalue weighted by Crippen LogP contribution is -2.21. The van der Waals surface area contributed by atoms with E-state index >= 15 is 0 Å². The van der Waals surface area contributed by atoms with Crippen LogP contribution in [-0.2, 0) is 15.8 Å². The van der Waals surface area contributed by atoms with Crippen LogP contribution in [0.5, 0.6) is 34.5 Å². The molecule has 10 heteroatoms. The molecule has 9 nitrogen and oxygen atoms in total. The van der Waals surface area contributed by atoms with Gasteiger partial charge in [0.2, 0.25) is 0 Å². The molecule has 0 heterocycles. The third kappa shape index (κ3) is 6.66. The van der Waals surface area contributed by atoms with Gasteiger partial charge >= 0.3 is 0 Å². The third-order valence-electron chi connectivity index (χ3n) is 4.47. The highest BCUT2D eigenvalue weighted by molar-refractivity contribution is 7.86. The third-order valence-corrected chi connectivity index (χ3v) is 5.25. The molecule has 178 valence electrons. The molecule has 0 saturated heterocycles. The fraction of sp³-hybridized carbons (Fsp3) is 0.261.